The molecule has 0 spiro atoms. The Morgan fingerprint density at radius 2 is 1.89 bits per heavy atom. The minimum absolute atomic E-state index is 0.357. The molecular formula is C11H8F3NO3. The number of aliphatic carboxylic acids is 1. The third-order valence-electron chi connectivity index (χ3n) is 2.36. The number of rotatable bonds is 2. The average molecular weight is 259 g/mol. The predicted molar refractivity (Wildman–Crippen MR) is 55.6 cm³/mol. The van der Waals surface area contributed by atoms with Crippen LogP contribution in [0.5, 0.6) is 0 Å². The molecule has 1 aromatic rings. The first-order chi connectivity index (χ1) is 8.39. The Kier molecular flexibility index (Phi) is 2.90. The lowest BCUT2D eigenvalue weighted by atomic mass is 10.2. The number of hydrogen-bond acceptors (Lipinski definition) is 3. The average Bonchev–Trinajstić information content (AvgIpc) is 2.74. The highest BCUT2D eigenvalue weighted by Gasteiger charge is 2.45. The van der Waals surface area contributed by atoms with Crippen LogP contribution < -0.4 is 5.06 Å². The van der Waals surface area contributed by atoms with Crippen molar-refractivity contribution in [1.82, 2.24) is 0 Å². The molecule has 18 heavy (non-hydrogen) atoms. The lowest BCUT2D eigenvalue weighted by Crippen LogP contribution is -2.22. The van der Waals surface area contributed by atoms with Crippen LogP contribution in [0.15, 0.2) is 41.7 Å². The SMILES string of the molecule is O=C(O)C1=C(C(F)(F)F)CN(c2ccccc2)O1. The van der Waals surface area contributed by atoms with Crippen LogP contribution in [0.25, 0.3) is 0 Å². The molecule has 0 unspecified atom stereocenters. The van der Waals surface area contributed by atoms with Gasteiger partial charge in [0, 0.05) is 0 Å². The van der Waals surface area contributed by atoms with Gasteiger partial charge in [-0.25, -0.2) is 9.86 Å². The van der Waals surface area contributed by atoms with Crippen LogP contribution in [-0.2, 0) is 9.63 Å². The van der Waals surface area contributed by atoms with E-state index in [0.29, 0.717) is 5.69 Å². The lowest BCUT2D eigenvalue weighted by molar-refractivity contribution is -0.137. The van der Waals surface area contributed by atoms with Crippen molar-refractivity contribution >= 4 is 11.7 Å². The van der Waals surface area contributed by atoms with Gasteiger partial charge in [-0.05, 0) is 12.1 Å². The molecule has 0 aromatic heterocycles. The Hall–Kier alpha value is -2.18. The van der Waals surface area contributed by atoms with Gasteiger partial charge in [0.15, 0.2) is 0 Å². The second-order valence-electron chi connectivity index (χ2n) is 3.57. The van der Waals surface area contributed by atoms with Crippen LogP contribution >= 0.6 is 0 Å². The molecule has 0 atom stereocenters. The molecule has 4 nitrogen and oxygen atoms in total. The molecule has 1 aliphatic rings. The molecule has 0 fully saturated rings. The second kappa shape index (κ2) is 4.25. The van der Waals surface area contributed by atoms with Crippen molar-refractivity contribution < 1.29 is 27.9 Å². The number of carboxylic acid groups (broad SMARTS) is 1. The smallest absolute Gasteiger partial charge is 0.418 e. The van der Waals surface area contributed by atoms with E-state index in [1.54, 1.807) is 18.2 Å². The van der Waals surface area contributed by atoms with Gasteiger partial charge in [0.25, 0.3) is 0 Å². The molecule has 0 amide bonds. The van der Waals surface area contributed by atoms with E-state index in [0.717, 1.165) is 5.06 Å². The normalized spacial score (nSPS) is 15.8. The van der Waals surface area contributed by atoms with Crippen LogP contribution in [0.1, 0.15) is 0 Å². The number of nitrogens with zero attached hydrogens (tertiary/aromatic N) is 1. The second-order valence-corrected chi connectivity index (χ2v) is 3.57. The molecule has 7 heteroatoms. The maximum Gasteiger partial charge on any atom is 0.418 e. The van der Waals surface area contributed by atoms with Gasteiger partial charge in [-0.15, -0.1) is 0 Å². The first-order valence-electron chi connectivity index (χ1n) is 4.94. The lowest BCUT2D eigenvalue weighted by Gasteiger charge is -2.17. The van der Waals surface area contributed by atoms with E-state index in [4.69, 9.17) is 9.94 Å². The standard InChI is InChI=1S/C11H8F3NO3/c12-11(13,14)8-6-15(18-9(8)10(16)17)7-4-2-1-3-5-7/h1-5H,6H2,(H,16,17). The number of hydrogen-bond donors (Lipinski definition) is 1. The molecule has 1 heterocycles. The number of para-hydroxylation sites is 1. The van der Waals surface area contributed by atoms with Crippen molar-refractivity contribution in [3.05, 3.63) is 41.7 Å². The van der Waals surface area contributed by atoms with Crippen LogP contribution in [0.4, 0.5) is 18.9 Å². The van der Waals surface area contributed by atoms with Gasteiger partial charge >= 0.3 is 12.1 Å². The van der Waals surface area contributed by atoms with Crippen molar-refractivity contribution in [2.45, 2.75) is 6.18 Å². The van der Waals surface area contributed by atoms with E-state index in [9.17, 15) is 18.0 Å². The summed E-state index contributed by atoms with van der Waals surface area (Å²) < 4.78 is 37.9. The summed E-state index contributed by atoms with van der Waals surface area (Å²) in [5.74, 6) is -2.81. The first kappa shape index (κ1) is 12.3. The molecule has 96 valence electrons. The zero-order valence-corrected chi connectivity index (χ0v) is 8.94. The highest BCUT2D eigenvalue weighted by molar-refractivity contribution is 5.86. The fourth-order valence-electron chi connectivity index (χ4n) is 1.54. The molecule has 2 rings (SSSR count). The van der Waals surface area contributed by atoms with Gasteiger partial charge in [0.1, 0.15) is 5.57 Å². The quantitative estimate of drug-likeness (QED) is 0.885. The van der Waals surface area contributed by atoms with Crippen molar-refractivity contribution in [2.24, 2.45) is 0 Å². The fourth-order valence-corrected chi connectivity index (χ4v) is 1.54. The number of carbonyl (C=O) groups is 1. The Morgan fingerprint density at radius 3 is 2.33 bits per heavy atom. The summed E-state index contributed by atoms with van der Waals surface area (Å²) in [6, 6.07) is 7.97. The summed E-state index contributed by atoms with van der Waals surface area (Å²) >= 11 is 0. The van der Waals surface area contributed by atoms with Gasteiger partial charge in [-0.2, -0.15) is 13.2 Å². The van der Waals surface area contributed by atoms with Gasteiger partial charge in [0.2, 0.25) is 5.76 Å². The van der Waals surface area contributed by atoms with Crippen molar-refractivity contribution in [3.8, 4) is 0 Å². The molecule has 0 saturated heterocycles. The maximum atomic E-state index is 12.6. The Balaban J connectivity index is 2.30. The Morgan fingerprint density at radius 1 is 1.28 bits per heavy atom. The third kappa shape index (κ3) is 2.24. The van der Waals surface area contributed by atoms with E-state index >= 15 is 0 Å². The fraction of sp³-hybridized carbons (Fsp3) is 0.182. The number of anilines is 1. The van der Waals surface area contributed by atoms with Crippen LogP contribution in [0, 0.1) is 0 Å². The highest BCUT2D eigenvalue weighted by atomic mass is 19.4. The molecule has 0 saturated carbocycles. The summed E-state index contributed by atoms with van der Waals surface area (Å²) in [4.78, 5) is 15.5. The molecular weight excluding hydrogens is 251 g/mol. The van der Waals surface area contributed by atoms with Crippen molar-refractivity contribution in [3.63, 3.8) is 0 Å². The Labute approximate surface area is 99.8 Å². The minimum atomic E-state index is -4.72. The van der Waals surface area contributed by atoms with E-state index < -0.39 is 30.0 Å². The van der Waals surface area contributed by atoms with Crippen LogP contribution in [0.3, 0.4) is 0 Å². The van der Waals surface area contributed by atoms with Crippen LogP contribution in [0.2, 0.25) is 0 Å². The number of halogens is 3. The summed E-state index contributed by atoms with van der Waals surface area (Å²) in [7, 11) is 0. The topological polar surface area (TPSA) is 49.8 Å². The van der Waals surface area contributed by atoms with E-state index in [1.165, 1.54) is 12.1 Å². The zero-order chi connectivity index (χ0) is 13.3. The number of benzene rings is 1. The number of carboxylic acids is 1. The van der Waals surface area contributed by atoms with Crippen molar-refractivity contribution in [2.75, 3.05) is 11.6 Å². The van der Waals surface area contributed by atoms with Gasteiger partial charge in [0.05, 0.1) is 12.2 Å². The number of hydroxylamine groups is 1. The van der Waals surface area contributed by atoms with Crippen molar-refractivity contribution in [1.29, 1.82) is 0 Å². The summed E-state index contributed by atoms with van der Waals surface area (Å²) in [6.45, 7) is -0.644. The summed E-state index contributed by atoms with van der Waals surface area (Å²) in [6.07, 6.45) is -4.72. The van der Waals surface area contributed by atoms with Gasteiger partial charge in [-0.1, -0.05) is 18.2 Å². The molecule has 0 bridgehead atoms. The monoisotopic (exact) mass is 259 g/mol. The predicted octanol–water partition coefficient (Wildman–Crippen LogP) is 2.34. The molecule has 1 N–H and O–H groups in total. The molecule has 0 radical (unpaired) electrons. The maximum absolute atomic E-state index is 12.6. The van der Waals surface area contributed by atoms with E-state index in [-0.39, 0.29) is 0 Å². The number of alkyl halides is 3. The van der Waals surface area contributed by atoms with E-state index in [1.807, 2.05) is 0 Å². The largest absolute Gasteiger partial charge is 0.475 e. The van der Waals surface area contributed by atoms with Gasteiger partial charge in [-0.3, -0.25) is 0 Å². The first-order valence-corrected chi connectivity index (χ1v) is 4.94. The molecule has 1 aliphatic heterocycles. The van der Waals surface area contributed by atoms with E-state index in [2.05, 4.69) is 0 Å². The summed E-state index contributed by atoms with van der Waals surface area (Å²) in [5, 5.41) is 9.60. The Bertz CT molecular complexity index is 496. The summed E-state index contributed by atoms with van der Waals surface area (Å²) in [5.41, 5.74) is -0.839. The zero-order valence-electron chi connectivity index (χ0n) is 8.94. The van der Waals surface area contributed by atoms with Crippen LogP contribution in [-0.4, -0.2) is 23.8 Å². The molecule has 1 aromatic carbocycles. The van der Waals surface area contributed by atoms with Gasteiger partial charge < -0.3 is 9.94 Å². The minimum Gasteiger partial charge on any atom is -0.475 e. The third-order valence-corrected chi connectivity index (χ3v) is 2.36. The molecule has 0 aliphatic carbocycles. The highest BCUT2D eigenvalue weighted by Crippen LogP contribution is 2.35.